The van der Waals surface area contributed by atoms with Crippen LogP contribution < -0.4 is 0 Å². The van der Waals surface area contributed by atoms with E-state index in [1.54, 1.807) is 0 Å². The van der Waals surface area contributed by atoms with Crippen molar-refractivity contribution in [1.29, 1.82) is 0 Å². The Kier molecular flexibility index (Phi) is 2.35. The Morgan fingerprint density at radius 1 is 1.67 bits per heavy atom. The van der Waals surface area contributed by atoms with Crippen LogP contribution in [0.25, 0.3) is 0 Å². The van der Waals surface area contributed by atoms with Gasteiger partial charge >= 0.3 is 0 Å². The molecule has 1 aliphatic rings. The molecule has 0 spiro atoms. The molecule has 63 valence electrons. The Labute approximate surface area is 76.0 Å². The zero-order chi connectivity index (χ0) is 8.39. The lowest BCUT2D eigenvalue weighted by Crippen LogP contribution is -2.07. The van der Waals surface area contributed by atoms with Crippen LogP contribution in [0.15, 0.2) is 23.1 Å². The Morgan fingerprint density at radius 3 is 3.50 bits per heavy atom. The Bertz CT molecular complexity index is 275. The summed E-state index contributed by atoms with van der Waals surface area (Å²) in [6.07, 6.45) is 1.03. The average molecular weight is 181 g/mol. The molecule has 1 radical (unpaired) electrons. The molecule has 3 heteroatoms. The van der Waals surface area contributed by atoms with Crippen LogP contribution in [0.2, 0.25) is 0 Å². The zero-order valence-corrected chi connectivity index (χ0v) is 7.56. The summed E-state index contributed by atoms with van der Waals surface area (Å²) in [5.74, 6) is 0. The molecule has 0 bridgehead atoms. The van der Waals surface area contributed by atoms with Crippen LogP contribution >= 0.6 is 12.0 Å². The quantitative estimate of drug-likeness (QED) is 0.452. The maximum Gasteiger partial charge on any atom is 0.0955 e. The van der Waals surface area contributed by atoms with Gasteiger partial charge in [-0.15, -0.1) is 0 Å². The maximum atomic E-state index is 5.03. The summed E-state index contributed by atoms with van der Waals surface area (Å²) in [4.78, 5) is 6.13. The summed E-state index contributed by atoms with van der Waals surface area (Å²) < 4.78 is 4.93. The minimum atomic E-state index is 0.126. The van der Waals surface area contributed by atoms with Gasteiger partial charge in [-0.25, -0.2) is 4.89 Å². The second-order valence-electron chi connectivity index (χ2n) is 2.80. The van der Waals surface area contributed by atoms with E-state index in [2.05, 4.69) is 12.1 Å². The van der Waals surface area contributed by atoms with E-state index in [9.17, 15) is 0 Å². The third-order valence-electron chi connectivity index (χ3n) is 1.75. The molecule has 12 heavy (non-hydrogen) atoms. The van der Waals surface area contributed by atoms with Crippen molar-refractivity contribution in [2.24, 2.45) is 0 Å². The molecule has 0 fully saturated rings. The molecule has 2 nitrogen and oxygen atoms in total. The molecule has 0 saturated carbocycles. The molecule has 0 aromatic heterocycles. The van der Waals surface area contributed by atoms with Crippen molar-refractivity contribution in [3.63, 3.8) is 0 Å². The Balaban J connectivity index is 2.31. The summed E-state index contributed by atoms with van der Waals surface area (Å²) in [5, 5.41) is 0. The van der Waals surface area contributed by atoms with Crippen molar-refractivity contribution < 1.29 is 9.22 Å². The minimum Gasteiger partial charge on any atom is -0.221 e. The van der Waals surface area contributed by atoms with Crippen LogP contribution in [0.3, 0.4) is 0 Å². The van der Waals surface area contributed by atoms with Crippen molar-refractivity contribution in [3.05, 3.63) is 29.8 Å². The van der Waals surface area contributed by atoms with E-state index in [0.29, 0.717) is 0 Å². The van der Waals surface area contributed by atoms with Crippen LogP contribution in [0.5, 0.6) is 0 Å². The molecule has 1 aliphatic heterocycles. The molecular weight excluding hydrogens is 172 g/mol. The van der Waals surface area contributed by atoms with Gasteiger partial charge in [0.05, 0.1) is 18.1 Å². The van der Waals surface area contributed by atoms with E-state index in [-0.39, 0.29) is 6.10 Å². The third kappa shape index (κ3) is 1.63. The standard InChI is InChI=1S/C9H9O2S/c1-7-6-8-4-2-3-5-9(8)12-11-10-7/h2,4-5,7H,6H2,1H3. The number of hydrogen-bond acceptors (Lipinski definition) is 3. The van der Waals surface area contributed by atoms with Crippen LogP contribution in [-0.2, 0) is 15.6 Å². The third-order valence-corrected chi connectivity index (χ3v) is 2.45. The van der Waals surface area contributed by atoms with Gasteiger partial charge in [-0.1, -0.05) is 12.1 Å². The first-order valence-corrected chi connectivity index (χ1v) is 4.59. The monoisotopic (exact) mass is 181 g/mol. The van der Waals surface area contributed by atoms with E-state index in [0.717, 1.165) is 11.3 Å². The zero-order valence-electron chi connectivity index (χ0n) is 6.74. The lowest BCUT2D eigenvalue weighted by atomic mass is 10.1. The van der Waals surface area contributed by atoms with Crippen LogP contribution in [-0.4, -0.2) is 6.10 Å². The summed E-state index contributed by atoms with van der Waals surface area (Å²) in [6.45, 7) is 1.99. The predicted molar refractivity (Wildman–Crippen MR) is 46.5 cm³/mol. The van der Waals surface area contributed by atoms with Gasteiger partial charge in [-0.3, -0.25) is 0 Å². The lowest BCUT2D eigenvalue weighted by Gasteiger charge is -2.04. The van der Waals surface area contributed by atoms with Gasteiger partial charge in [0.15, 0.2) is 0 Å². The minimum absolute atomic E-state index is 0.126. The van der Waals surface area contributed by atoms with E-state index < -0.39 is 0 Å². The smallest absolute Gasteiger partial charge is 0.0955 e. The molecule has 1 heterocycles. The van der Waals surface area contributed by atoms with Crippen molar-refractivity contribution in [2.45, 2.75) is 24.3 Å². The van der Waals surface area contributed by atoms with Gasteiger partial charge < -0.3 is 0 Å². The molecule has 2 rings (SSSR count). The highest BCUT2D eigenvalue weighted by atomic mass is 32.2. The van der Waals surface area contributed by atoms with Gasteiger partial charge in [-0.2, -0.15) is 4.33 Å². The van der Waals surface area contributed by atoms with Gasteiger partial charge in [-0.05, 0) is 24.6 Å². The van der Waals surface area contributed by atoms with E-state index in [1.807, 2.05) is 19.1 Å². The molecule has 0 N–H and O–H groups in total. The number of benzene rings is 1. The molecule has 1 atom stereocenters. The SMILES string of the molecule is CC1Cc2cc[c]cc2SOO1. The molecule has 1 aromatic carbocycles. The van der Waals surface area contributed by atoms with E-state index in [4.69, 9.17) is 9.22 Å². The van der Waals surface area contributed by atoms with E-state index in [1.165, 1.54) is 17.6 Å². The topological polar surface area (TPSA) is 18.5 Å². The van der Waals surface area contributed by atoms with Crippen molar-refractivity contribution in [2.75, 3.05) is 0 Å². The normalized spacial score (nSPS) is 22.9. The molecule has 0 amide bonds. The fraction of sp³-hybridized carbons (Fsp3) is 0.333. The fourth-order valence-corrected chi connectivity index (χ4v) is 1.78. The Morgan fingerprint density at radius 2 is 2.58 bits per heavy atom. The van der Waals surface area contributed by atoms with Gasteiger partial charge in [0.25, 0.3) is 0 Å². The molecular formula is C9H9O2S. The molecule has 1 unspecified atom stereocenters. The highest BCUT2D eigenvalue weighted by Crippen LogP contribution is 2.28. The second-order valence-corrected chi connectivity index (χ2v) is 3.54. The predicted octanol–water partition coefficient (Wildman–Crippen LogP) is 2.39. The molecule has 0 saturated heterocycles. The first-order valence-electron chi connectivity index (χ1n) is 3.85. The van der Waals surface area contributed by atoms with Gasteiger partial charge in [0.2, 0.25) is 0 Å². The van der Waals surface area contributed by atoms with E-state index >= 15 is 0 Å². The number of hydrogen-bond donors (Lipinski definition) is 0. The average Bonchev–Trinajstić information content (AvgIpc) is 2.25. The van der Waals surface area contributed by atoms with Crippen LogP contribution in [0.4, 0.5) is 0 Å². The summed E-state index contributed by atoms with van der Waals surface area (Å²) in [7, 11) is 0. The second kappa shape index (κ2) is 3.47. The highest BCUT2D eigenvalue weighted by molar-refractivity contribution is 7.94. The van der Waals surface area contributed by atoms with Gasteiger partial charge in [0.1, 0.15) is 0 Å². The van der Waals surface area contributed by atoms with Crippen molar-refractivity contribution in [3.8, 4) is 0 Å². The first-order chi connectivity index (χ1) is 5.86. The first kappa shape index (κ1) is 8.10. The summed E-state index contributed by atoms with van der Waals surface area (Å²) >= 11 is 1.26. The molecule has 0 aliphatic carbocycles. The highest BCUT2D eigenvalue weighted by Gasteiger charge is 2.14. The maximum absolute atomic E-state index is 5.03. The molecule has 1 aromatic rings. The summed E-state index contributed by atoms with van der Waals surface area (Å²) in [6, 6.07) is 8.89. The van der Waals surface area contributed by atoms with Crippen LogP contribution in [0, 0.1) is 6.07 Å². The largest absolute Gasteiger partial charge is 0.221 e. The number of rotatable bonds is 0. The van der Waals surface area contributed by atoms with Crippen molar-refractivity contribution in [1.82, 2.24) is 0 Å². The number of fused-ring (bicyclic) bond motifs is 1. The Hall–Kier alpha value is -0.510. The van der Waals surface area contributed by atoms with Crippen LogP contribution in [0.1, 0.15) is 12.5 Å². The lowest BCUT2D eigenvalue weighted by molar-refractivity contribution is -0.223. The van der Waals surface area contributed by atoms with Crippen molar-refractivity contribution >= 4 is 12.0 Å². The summed E-state index contributed by atoms with van der Waals surface area (Å²) in [5.41, 5.74) is 1.27. The van der Waals surface area contributed by atoms with Gasteiger partial charge in [0, 0.05) is 11.3 Å². The fourth-order valence-electron chi connectivity index (χ4n) is 1.16.